The van der Waals surface area contributed by atoms with Gasteiger partial charge in [-0.3, -0.25) is 4.90 Å². The largest absolute Gasteiger partial charge is 0.391 e. The number of fused-ring (bicyclic) bond motifs is 1. The number of pyridine rings is 1. The number of aliphatic hydroxyl groups excluding tert-OH is 1. The molecular weight excluding hydrogens is 338 g/mol. The van der Waals surface area contributed by atoms with E-state index in [9.17, 15) is 5.11 Å². The molecule has 0 aliphatic carbocycles. The number of benzene rings is 1. The number of anilines is 1. The van der Waals surface area contributed by atoms with Gasteiger partial charge in [-0.25, -0.2) is 4.98 Å². The molecule has 1 unspecified atom stereocenters. The second-order valence-electron chi connectivity index (χ2n) is 8.12. The van der Waals surface area contributed by atoms with Crippen LogP contribution in [-0.2, 0) is 11.3 Å². The highest BCUT2D eigenvalue weighted by Crippen LogP contribution is 2.29. The number of hydrogen-bond donors (Lipinski definition) is 1. The minimum atomic E-state index is -0.250. The van der Waals surface area contributed by atoms with Crippen molar-refractivity contribution in [2.45, 2.75) is 51.4 Å². The molecule has 1 atom stereocenters. The maximum Gasteiger partial charge on any atom is 0.133 e. The quantitative estimate of drug-likeness (QED) is 0.897. The summed E-state index contributed by atoms with van der Waals surface area (Å²) in [6.07, 6.45) is 4.24. The molecule has 0 radical (unpaired) electrons. The smallest absolute Gasteiger partial charge is 0.133 e. The third-order valence-corrected chi connectivity index (χ3v) is 5.98. The molecule has 1 N–H and O–H groups in total. The third-order valence-electron chi connectivity index (χ3n) is 5.98. The van der Waals surface area contributed by atoms with Crippen molar-refractivity contribution >= 4 is 16.7 Å². The number of β-amino-alcohol motifs (C(OH)–C–C–N with tert-alkyl or cyclic N) is 1. The predicted molar refractivity (Wildman–Crippen MR) is 109 cm³/mol. The lowest BCUT2D eigenvalue weighted by Crippen LogP contribution is -2.40. The summed E-state index contributed by atoms with van der Waals surface area (Å²) in [6, 6.07) is 8.77. The van der Waals surface area contributed by atoms with Gasteiger partial charge in [-0.15, -0.1) is 0 Å². The number of rotatable bonds is 4. The fourth-order valence-electron chi connectivity index (χ4n) is 4.41. The van der Waals surface area contributed by atoms with Gasteiger partial charge in [0.1, 0.15) is 5.82 Å². The summed E-state index contributed by atoms with van der Waals surface area (Å²) in [5.41, 5.74) is 3.58. The molecule has 2 fully saturated rings. The molecule has 1 aromatic heterocycles. The Morgan fingerprint density at radius 2 is 1.96 bits per heavy atom. The number of hydrogen-bond acceptors (Lipinski definition) is 5. The molecule has 2 saturated heterocycles. The number of aromatic nitrogens is 1. The van der Waals surface area contributed by atoms with Crippen LogP contribution in [0.25, 0.3) is 10.9 Å². The molecule has 0 saturated carbocycles. The number of nitrogens with zero attached hydrogens (tertiary/aromatic N) is 3. The number of ether oxygens (including phenoxy) is 1. The van der Waals surface area contributed by atoms with E-state index in [0.717, 1.165) is 63.2 Å². The molecule has 4 rings (SSSR count). The SMILES string of the molecule is COC1CCN(Cc2cc3cc(C)ccc3nc2N2CCCC(O)C2)CC1. The molecule has 0 bridgehead atoms. The van der Waals surface area contributed by atoms with Gasteiger partial charge in [-0.1, -0.05) is 11.6 Å². The Balaban J connectivity index is 1.64. The van der Waals surface area contributed by atoms with Crippen LogP contribution in [-0.4, -0.2) is 60.5 Å². The zero-order chi connectivity index (χ0) is 18.8. The van der Waals surface area contributed by atoms with E-state index >= 15 is 0 Å². The van der Waals surface area contributed by atoms with Crippen LogP contribution in [0.2, 0.25) is 0 Å². The van der Waals surface area contributed by atoms with E-state index in [1.54, 1.807) is 0 Å². The maximum absolute atomic E-state index is 10.2. The Bertz CT molecular complexity index is 786. The first-order chi connectivity index (χ1) is 13.1. The average Bonchev–Trinajstić information content (AvgIpc) is 2.68. The van der Waals surface area contributed by atoms with E-state index in [1.165, 1.54) is 16.5 Å². The summed E-state index contributed by atoms with van der Waals surface area (Å²) in [5, 5.41) is 11.4. The molecule has 0 spiro atoms. The van der Waals surface area contributed by atoms with Crippen LogP contribution in [0.4, 0.5) is 5.82 Å². The van der Waals surface area contributed by atoms with Gasteiger partial charge in [-0.2, -0.15) is 0 Å². The highest BCUT2D eigenvalue weighted by Gasteiger charge is 2.24. The molecule has 5 nitrogen and oxygen atoms in total. The predicted octanol–water partition coefficient (Wildman–Crippen LogP) is 3.12. The Hall–Kier alpha value is -1.69. The standard InChI is InChI=1S/C22H31N3O2/c1-16-5-6-21-17(12-16)13-18(14-24-10-7-20(27-2)8-11-24)22(23-21)25-9-3-4-19(26)15-25/h5-6,12-13,19-20,26H,3-4,7-11,14-15H2,1-2H3. The minimum Gasteiger partial charge on any atom is -0.391 e. The first kappa shape index (κ1) is 18.7. The van der Waals surface area contributed by atoms with Crippen LogP contribution in [0, 0.1) is 6.92 Å². The van der Waals surface area contributed by atoms with Gasteiger partial charge in [-0.05, 0) is 50.8 Å². The third kappa shape index (κ3) is 4.26. The molecular formula is C22H31N3O2. The Labute approximate surface area is 161 Å². The summed E-state index contributed by atoms with van der Waals surface area (Å²) in [5.74, 6) is 1.05. The van der Waals surface area contributed by atoms with Crippen LogP contribution in [0.15, 0.2) is 24.3 Å². The highest BCUT2D eigenvalue weighted by atomic mass is 16.5. The molecule has 2 aromatic rings. The van der Waals surface area contributed by atoms with E-state index in [4.69, 9.17) is 9.72 Å². The molecule has 5 heteroatoms. The van der Waals surface area contributed by atoms with Gasteiger partial charge >= 0.3 is 0 Å². The fraction of sp³-hybridized carbons (Fsp3) is 0.591. The first-order valence-electron chi connectivity index (χ1n) is 10.2. The molecule has 3 heterocycles. The van der Waals surface area contributed by atoms with Crippen LogP contribution < -0.4 is 4.90 Å². The molecule has 146 valence electrons. The zero-order valence-corrected chi connectivity index (χ0v) is 16.5. The van der Waals surface area contributed by atoms with Crippen molar-refractivity contribution < 1.29 is 9.84 Å². The zero-order valence-electron chi connectivity index (χ0n) is 16.5. The second-order valence-corrected chi connectivity index (χ2v) is 8.12. The summed E-state index contributed by atoms with van der Waals surface area (Å²) < 4.78 is 5.52. The summed E-state index contributed by atoms with van der Waals surface area (Å²) in [4.78, 5) is 9.83. The van der Waals surface area contributed by atoms with Crippen molar-refractivity contribution in [3.05, 3.63) is 35.4 Å². The van der Waals surface area contributed by atoms with E-state index in [2.05, 4.69) is 41.0 Å². The lowest BCUT2D eigenvalue weighted by Gasteiger charge is -2.35. The maximum atomic E-state index is 10.2. The van der Waals surface area contributed by atoms with Crippen molar-refractivity contribution in [3.63, 3.8) is 0 Å². The van der Waals surface area contributed by atoms with Gasteiger partial charge in [0, 0.05) is 50.8 Å². The van der Waals surface area contributed by atoms with Crippen LogP contribution in [0.3, 0.4) is 0 Å². The van der Waals surface area contributed by atoms with Gasteiger partial charge in [0.2, 0.25) is 0 Å². The van der Waals surface area contributed by atoms with Gasteiger partial charge in [0.25, 0.3) is 0 Å². The number of aliphatic hydroxyl groups is 1. The lowest BCUT2D eigenvalue weighted by atomic mass is 10.0. The molecule has 0 amide bonds. The normalized spacial score (nSPS) is 22.5. The number of methoxy groups -OCH3 is 1. The van der Waals surface area contributed by atoms with Crippen molar-refractivity contribution in [3.8, 4) is 0 Å². The van der Waals surface area contributed by atoms with E-state index in [-0.39, 0.29) is 6.10 Å². The van der Waals surface area contributed by atoms with Crippen molar-refractivity contribution in [2.75, 3.05) is 38.2 Å². The minimum absolute atomic E-state index is 0.250. The van der Waals surface area contributed by atoms with E-state index in [1.807, 2.05) is 7.11 Å². The molecule has 27 heavy (non-hydrogen) atoms. The fourth-order valence-corrected chi connectivity index (χ4v) is 4.41. The van der Waals surface area contributed by atoms with E-state index in [0.29, 0.717) is 12.6 Å². The number of aryl methyl sites for hydroxylation is 1. The van der Waals surface area contributed by atoms with Crippen molar-refractivity contribution in [1.82, 2.24) is 9.88 Å². The van der Waals surface area contributed by atoms with Crippen LogP contribution in [0.5, 0.6) is 0 Å². The highest BCUT2D eigenvalue weighted by molar-refractivity contribution is 5.82. The van der Waals surface area contributed by atoms with Crippen LogP contribution in [0.1, 0.15) is 36.8 Å². The lowest BCUT2D eigenvalue weighted by molar-refractivity contribution is 0.0388. The molecule has 2 aliphatic rings. The number of likely N-dealkylation sites (tertiary alicyclic amines) is 1. The van der Waals surface area contributed by atoms with Crippen LogP contribution >= 0.6 is 0 Å². The van der Waals surface area contributed by atoms with Crippen molar-refractivity contribution in [1.29, 1.82) is 0 Å². The van der Waals surface area contributed by atoms with Gasteiger partial charge in [0.15, 0.2) is 0 Å². The Kier molecular flexibility index (Phi) is 5.62. The van der Waals surface area contributed by atoms with E-state index < -0.39 is 0 Å². The topological polar surface area (TPSA) is 48.8 Å². The Morgan fingerprint density at radius 1 is 1.15 bits per heavy atom. The number of piperidine rings is 2. The first-order valence-corrected chi connectivity index (χ1v) is 10.2. The molecule has 1 aromatic carbocycles. The summed E-state index contributed by atoms with van der Waals surface area (Å²) in [7, 11) is 1.82. The summed E-state index contributed by atoms with van der Waals surface area (Å²) in [6.45, 7) is 6.82. The second kappa shape index (κ2) is 8.13. The van der Waals surface area contributed by atoms with Gasteiger partial charge < -0.3 is 14.7 Å². The monoisotopic (exact) mass is 369 g/mol. The Morgan fingerprint density at radius 3 is 2.70 bits per heavy atom. The van der Waals surface area contributed by atoms with Crippen molar-refractivity contribution in [2.24, 2.45) is 0 Å². The summed E-state index contributed by atoms with van der Waals surface area (Å²) >= 11 is 0. The van der Waals surface area contributed by atoms with Gasteiger partial charge in [0.05, 0.1) is 17.7 Å². The average molecular weight is 370 g/mol. The molecule has 2 aliphatic heterocycles.